The Morgan fingerprint density at radius 2 is 1.91 bits per heavy atom. The average Bonchev–Trinajstić information content (AvgIpc) is 3.29. The Morgan fingerprint density at radius 3 is 2.76 bits per heavy atom. The topological polar surface area (TPSA) is 85.0 Å². The summed E-state index contributed by atoms with van der Waals surface area (Å²) in [5.74, 6) is 0.738. The number of carbonyl (C=O) groups is 1. The second-order valence-electron chi connectivity index (χ2n) is 8.42. The molecular formula is C25H24ClN5OS. The van der Waals surface area contributed by atoms with Crippen LogP contribution >= 0.6 is 22.9 Å². The number of carbonyl (C=O) groups excluding carboxylic acids is 1. The smallest absolute Gasteiger partial charge is 0.253 e. The highest BCUT2D eigenvalue weighted by Gasteiger charge is 2.21. The van der Waals surface area contributed by atoms with Gasteiger partial charge in [0.2, 0.25) is 0 Å². The van der Waals surface area contributed by atoms with Gasteiger partial charge in [-0.1, -0.05) is 29.8 Å². The number of nitrogens with zero attached hydrogens (tertiary/aromatic N) is 4. The summed E-state index contributed by atoms with van der Waals surface area (Å²) in [7, 11) is 0. The Balaban J connectivity index is 1.32. The molecule has 8 heteroatoms. The zero-order chi connectivity index (χ0) is 22.8. The second kappa shape index (κ2) is 9.55. The highest BCUT2D eigenvalue weighted by molar-refractivity contribution is 7.16. The lowest BCUT2D eigenvalue weighted by Crippen LogP contribution is -2.42. The van der Waals surface area contributed by atoms with Crippen LogP contribution in [-0.2, 0) is 12.8 Å². The van der Waals surface area contributed by atoms with Gasteiger partial charge in [-0.2, -0.15) is 0 Å². The third-order valence-corrected chi connectivity index (χ3v) is 7.10. The van der Waals surface area contributed by atoms with Gasteiger partial charge in [0.25, 0.3) is 5.91 Å². The largest absolute Gasteiger partial charge is 0.339 e. The van der Waals surface area contributed by atoms with E-state index in [2.05, 4.69) is 22.1 Å². The van der Waals surface area contributed by atoms with Gasteiger partial charge >= 0.3 is 0 Å². The molecule has 0 spiro atoms. The number of amides is 1. The van der Waals surface area contributed by atoms with E-state index >= 15 is 0 Å². The van der Waals surface area contributed by atoms with Crippen LogP contribution in [0.3, 0.4) is 0 Å². The summed E-state index contributed by atoms with van der Waals surface area (Å²) in [4.78, 5) is 28.3. The van der Waals surface area contributed by atoms with Crippen molar-refractivity contribution in [3.63, 3.8) is 0 Å². The van der Waals surface area contributed by atoms with Gasteiger partial charge in [-0.05, 0) is 48.2 Å². The molecule has 1 aliphatic heterocycles. The van der Waals surface area contributed by atoms with E-state index in [9.17, 15) is 4.79 Å². The van der Waals surface area contributed by atoms with Crippen molar-refractivity contribution in [1.29, 1.82) is 0 Å². The van der Waals surface area contributed by atoms with Crippen molar-refractivity contribution in [2.24, 2.45) is 5.73 Å². The molecule has 2 aromatic heterocycles. The number of fused-ring (bicyclic) bond motifs is 1. The number of piperidine rings is 1. The van der Waals surface area contributed by atoms with Crippen molar-refractivity contribution in [2.75, 3.05) is 13.1 Å². The number of thiazole rings is 1. The van der Waals surface area contributed by atoms with E-state index in [1.807, 2.05) is 40.7 Å². The maximum atomic E-state index is 12.9. The first-order valence-corrected chi connectivity index (χ1v) is 12.3. The van der Waals surface area contributed by atoms with Crippen LogP contribution in [-0.4, -0.2) is 44.9 Å². The second-order valence-corrected chi connectivity index (χ2v) is 9.71. The zero-order valence-corrected chi connectivity index (χ0v) is 19.6. The number of rotatable bonds is 5. The molecule has 0 saturated carbocycles. The molecule has 3 heterocycles. The third-order valence-electron chi connectivity index (χ3n) is 6.00. The number of benzene rings is 2. The maximum absolute atomic E-state index is 12.9. The highest BCUT2D eigenvalue weighted by Crippen LogP contribution is 2.23. The fourth-order valence-corrected chi connectivity index (χ4v) is 5.04. The number of likely N-dealkylation sites (tertiary alicyclic amines) is 1. The highest BCUT2D eigenvalue weighted by atomic mass is 35.5. The predicted octanol–water partition coefficient (Wildman–Crippen LogP) is 4.48. The first kappa shape index (κ1) is 21.9. The minimum atomic E-state index is 0.0555. The number of hydrogen-bond donors (Lipinski definition) is 1. The van der Waals surface area contributed by atoms with Crippen LogP contribution in [0, 0.1) is 0 Å². The van der Waals surface area contributed by atoms with Crippen LogP contribution in [0.2, 0.25) is 5.02 Å². The van der Waals surface area contributed by atoms with E-state index < -0.39 is 0 Å². The Bertz CT molecular complexity index is 1300. The summed E-state index contributed by atoms with van der Waals surface area (Å²) < 4.78 is 1.15. The monoisotopic (exact) mass is 477 g/mol. The summed E-state index contributed by atoms with van der Waals surface area (Å²) >= 11 is 8.04. The molecule has 2 aromatic carbocycles. The zero-order valence-electron chi connectivity index (χ0n) is 18.1. The van der Waals surface area contributed by atoms with Crippen LogP contribution in [0.1, 0.15) is 45.8 Å². The molecule has 0 radical (unpaired) electrons. The van der Waals surface area contributed by atoms with E-state index in [0.29, 0.717) is 42.3 Å². The van der Waals surface area contributed by atoms with Gasteiger partial charge in [-0.3, -0.25) is 4.79 Å². The number of nitrogens with two attached hydrogens (primary N) is 1. The van der Waals surface area contributed by atoms with Crippen LogP contribution in [0.15, 0.2) is 54.2 Å². The fraction of sp³-hybridized carbons (Fsp3) is 0.280. The van der Waals surface area contributed by atoms with E-state index in [1.165, 1.54) is 0 Å². The standard InChI is InChI=1S/C25H24ClN5OS/c26-20-14-28-24(30-22(20)11-17-4-5-21-23(12-17)33-15-29-21)13-16-2-1-3-18(10-16)25(32)31-8-6-19(27)7-9-31/h1-5,10,12,14-15,19H,6-9,11,13,27H2. The molecule has 168 valence electrons. The minimum Gasteiger partial charge on any atom is -0.339 e. The molecule has 0 aliphatic carbocycles. The molecule has 0 atom stereocenters. The van der Waals surface area contributed by atoms with Gasteiger partial charge in [-0.15, -0.1) is 11.3 Å². The molecule has 2 N–H and O–H groups in total. The van der Waals surface area contributed by atoms with Crippen LogP contribution < -0.4 is 5.73 Å². The summed E-state index contributed by atoms with van der Waals surface area (Å²) in [5.41, 5.74) is 12.4. The Kier molecular flexibility index (Phi) is 6.35. The summed E-state index contributed by atoms with van der Waals surface area (Å²) in [6.07, 6.45) is 4.52. The molecule has 0 unspecified atom stereocenters. The summed E-state index contributed by atoms with van der Waals surface area (Å²) in [6, 6.07) is 14.1. The van der Waals surface area contributed by atoms with Crippen molar-refractivity contribution in [3.8, 4) is 0 Å². The van der Waals surface area contributed by atoms with Gasteiger partial charge in [0.1, 0.15) is 5.82 Å². The van der Waals surface area contributed by atoms with Crippen LogP contribution in [0.25, 0.3) is 10.2 Å². The molecule has 1 aliphatic rings. The lowest BCUT2D eigenvalue weighted by Gasteiger charge is -2.30. The maximum Gasteiger partial charge on any atom is 0.253 e. The number of halogens is 1. The van der Waals surface area contributed by atoms with Gasteiger partial charge in [0.15, 0.2) is 0 Å². The molecular weight excluding hydrogens is 454 g/mol. The van der Waals surface area contributed by atoms with Crippen molar-refractivity contribution in [1.82, 2.24) is 19.9 Å². The Morgan fingerprint density at radius 1 is 1.09 bits per heavy atom. The lowest BCUT2D eigenvalue weighted by atomic mass is 10.0. The van der Waals surface area contributed by atoms with Crippen molar-refractivity contribution < 1.29 is 4.79 Å². The average molecular weight is 478 g/mol. The molecule has 5 rings (SSSR count). The normalized spacial score (nSPS) is 14.7. The first-order valence-electron chi connectivity index (χ1n) is 11.0. The van der Waals surface area contributed by atoms with Crippen LogP contribution in [0.4, 0.5) is 0 Å². The Hall–Kier alpha value is -2.87. The molecule has 6 nitrogen and oxygen atoms in total. The van der Waals surface area contributed by atoms with Crippen molar-refractivity contribution in [2.45, 2.75) is 31.7 Å². The molecule has 4 aromatic rings. The molecule has 33 heavy (non-hydrogen) atoms. The van der Waals surface area contributed by atoms with Gasteiger partial charge < -0.3 is 10.6 Å². The van der Waals surface area contributed by atoms with E-state index in [-0.39, 0.29) is 11.9 Å². The molecule has 1 amide bonds. The van der Waals surface area contributed by atoms with Crippen molar-refractivity contribution >= 4 is 39.1 Å². The minimum absolute atomic E-state index is 0.0555. The molecule has 1 saturated heterocycles. The first-order chi connectivity index (χ1) is 16.0. The quantitative estimate of drug-likeness (QED) is 0.458. The van der Waals surface area contributed by atoms with E-state index in [0.717, 1.165) is 39.9 Å². The number of hydrogen-bond acceptors (Lipinski definition) is 6. The van der Waals surface area contributed by atoms with Crippen molar-refractivity contribution in [3.05, 3.63) is 87.4 Å². The van der Waals surface area contributed by atoms with E-state index in [4.69, 9.17) is 22.3 Å². The molecule has 1 fully saturated rings. The van der Waals surface area contributed by atoms with Crippen LogP contribution in [0.5, 0.6) is 0 Å². The van der Waals surface area contributed by atoms with Gasteiger partial charge in [0.05, 0.1) is 26.4 Å². The lowest BCUT2D eigenvalue weighted by molar-refractivity contribution is 0.0714. The Labute approximate surface area is 201 Å². The fourth-order valence-electron chi connectivity index (χ4n) is 4.14. The summed E-state index contributed by atoms with van der Waals surface area (Å²) in [5, 5.41) is 0.551. The molecule has 0 bridgehead atoms. The summed E-state index contributed by atoms with van der Waals surface area (Å²) in [6.45, 7) is 1.42. The predicted molar refractivity (Wildman–Crippen MR) is 132 cm³/mol. The van der Waals surface area contributed by atoms with E-state index in [1.54, 1.807) is 17.5 Å². The van der Waals surface area contributed by atoms with Gasteiger partial charge in [-0.25, -0.2) is 15.0 Å². The number of aromatic nitrogens is 3. The van der Waals surface area contributed by atoms with Gasteiger partial charge in [0, 0.05) is 43.7 Å². The SMILES string of the molecule is NC1CCN(C(=O)c2cccc(Cc3ncc(Cl)c(Cc4ccc5ncsc5c4)n3)c2)CC1. The third kappa shape index (κ3) is 5.05.